The molecule has 23 heavy (non-hydrogen) atoms. The minimum Gasteiger partial charge on any atom is -0.384 e. The molecule has 1 aliphatic heterocycles. The summed E-state index contributed by atoms with van der Waals surface area (Å²) in [5.41, 5.74) is 0.133. The molecule has 1 aromatic carbocycles. The Hall–Kier alpha value is -2.01. The zero-order valence-corrected chi connectivity index (χ0v) is 13.3. The molecule has 1 fully saturated rings. The third-order valence-corrected chi connectivity index (χ3v) is 4.44. The van der Waals surface area contributed by atoms with Gasteiger partial charge in [0.1, 0.15) is 5.82 Å². The summed E-state index contributed by atoms with van der Waals surface area (Å²) in [5, 5.41) is 1.40. The molecular formula is C18H21FN2O2. The number of carbonyl (C=O) groups excluding carboxylic acids is 1. The lowest BCUT2D eigenvalue weighted by molar-refractivity contribution is 0.0694. The maximum absolute atomic E-state index is 14.4. The van der Waals surface area contributed by atoms with E-state index < -0.39 is 5.82 Å². The lowest BCUT2D eigenvalue weighted by Crippen LogP contribution is -2.36. The zero-order valence-electron chi connectivity index (χ0n) is 13.3. The highest BCUT2D eigenvalue weighted by atomic mass is 19.1. The quantitative estimate of drug-likeness (QED) is 0.873. The predicted octanol–water partition coefficient (Wildman–Crippen LogP) is 3.26. The molecule has 0 saturated carbocycles. The van der Waals surface area contributed by atoms with Crippen molar-refractivity contribution in [3.63, 3.8) is 0 Å². The summed E-state index contributed by atoms with van der Waals surface area (Å²) in [6.07, 6.45) is 6.26. The molecule has 4 nitrogen and oxygen atoms in total. The fraction of sp³-hybridized carbons (Fsp3) is 0.444. The molecule has 0 aliphatic carbocycles. The number of methoxy groups -OCH3 is 1. The van der Waals surface area contributed by atoms with E-state index in [1.165, 1.54) is 6.07 Å². The van der Waals surface area contributed by atoms with Crippen molar-refractivity contribution >= 4 is 16.7 Å². The van der Waals surface area contributed by atoms with Crippen LogP contribution in [0.5, 0.6) is 0 Å². The number of pyridine rings is 1. The monoisotopic (exact) mass is 316 g/mol. The van der Waals surface area contributed by atoms with Crippen LogP contribution in [0.4, 0.5) is 4.39 Å². The summed E-state index contributed by atoms with van der Waals surface area (Å²) in [4.78, 5) is 18.8. The number of carbonyl (C=O) groups is 1. The summed E-state index contributed by atoms with van der Waals surface area (Å²) in [5.74, 6) is -0.422. The van der Waals surface area contributed by atoms with Gasteiger partial charge in [0.15, 0.2) is 0 Å². The zero-order chi connectivity index (χ0) is 16.2. The first-order valence-corrected chi connectivity index (χ1v) is 8.01. The van der Waals surface area contributed by atoms with Crippen LogP contribution in [0.3, 0.4) is 0 Å². The molecule has 1 aromatic heterocycles. The van der Waals surface area contributed by atoms with Crippen LogP contribution >= 0.6 is 0 Å². The van der Waals surface area contributed by atoms with Gasteiger partial charge in [-0.05, 0) is 36.3 Å². The topological polar surface area (TPSA) is 42.4 Å². The number of benzene rings is 1. The van der Waals surface area contributed by atoms with Crippen molar-refractivity contribution in [2.45, 2.75) is 19.3 Å². The molecule has 3 rings (SSSR count). The molecule has 0 radical (unpaired) electrons. The van der Waals surface area contributed by atoms with Gasteiger partial charge >= 0.3 is 0 Å². The second kappa shape index (κ2) is 7.04. The number of likely N-dealkylation sites (tertiary alicyclic amines) is 1. The molecule has 1 atom stereocenters. The standard InChI is InChI=1S/C18H21FN2O2/c1-23-12-13-4-2-3-9-21(11-13)18(22)17-15-10-20-8-7-14(15)5-6-16(17)19/h5-8,10,13H,2-4,9,11-12H2,1H3. The van der Waals surface area contributed by atoms with E-state index in [0.717, 1.165) is 24.6 Å². The van der Waals surface area contributed by atoms with Crippen LogP contribution in [0, 0.1) is 11.7 Å². The van der Waals surface area contributed by atoms with Crippen molar-refractivity contribution in [1.82, 2.24) is 9.88 Å². The van der Waals surface area contributed by atoms with Crippen LogP contribution in [0.15, 0.2) is 30.6 Å². The number of halogens is 1. The number of nitrogens with zero attached hydrogens (tertiary/aromatic N) is 2. The van der Waals surface area contributed by atoms with Gasteiger partial charge in [-0.15, -0.1) is 0 Å². The van der Waals surface area contributed by atoms with Crippen molar-refractivity contribution in [2.75, 3.05) is 26.8 Å². The van der Waals surface area contributed by atoms with Crippen LogP contribution in [0.1, 0.15) is 29.6 Å². The highest BCUT2D eigenvalue weighted by Crippen LogP contribution is 2.25. The largest absolute Gasteiger partial charge is 0.384 e. The van der Waals surface area contributed by atoms with Gasteiger partial charge in [-0.1, -0.05) is 12.5 Å². The third-order valence-electron chi connectivity index (χ3n) is 4.44. The summed E-state index contributed by atoms with van der Waals surface area (Å²) < 4.78 is 19.6. The van der Waals surface area contributed by atoms with Gasteiger partial charge in [-0.25, -0.2) is 4.39 Å². The van der Waals surface area contributed by atoms with E-state index in [0.29, 0.717) is 31.0 Å². The first kappa shape index (κ1) is 15.9. The average Bonchev–Trinajstić information content (AvgIpc) is 2.80. The highest BCUT2D eigenvalue weighted by Gasteiger charge is 2.26. The molecule has 1 amide bonds. The van der Waals surface area contributed by atoms with Crippen LogP contribution in [0.2, 0.25) is 0 Å². The van der Waals surface area contributed by atoms with E-state index in [1.54, 1.807) is 36.5 Å². The van der Waals surface area contributed by atoms with Gasteiger partial charge in [0, 0.05) is 38.0 Å². The third kappa shape index (κ3) is 3.34. The van der Waals surface area contributed by atoms with E-state index in [2.05, 4.69) is 4.98 Å². The molecule has 122 valence electrons. The number of ether oxygens (including phenoxy) is 1. The minimum absolute atomic E-state index is 0.133. The molecule has 0 spiro atoms. The number of amides is 1. The van der Waals surface area contributed by atoms with Gasteiger partial charge in [0.2, 0.25) is 0 Å². The fourth-order valence-corrected chi connectivity index (χ4v) is 3.30. The van der Waals surface area contributed by atoms with Gasteiger partial charge in [-0.2, -0.15) is 0 Å². The second-order valence-corrected chi connectivity index (χ2v) is 6.09. The van der Waals surface area contributed by atoms with Gasteiger partial charge in [-0.3, -0.25) is 9.78 Å². The van der Waals surface area contributed by atoms with Crippen molar-refractivity contribution in [1.29, 1.82) is 0 Å². The number of hydrogen-bond donors (Lipinski definition) is 0. The van der Waals surface area contributed by atoms with Crippen LogP contribution in [-0.2, 0) is 4.74 Å². The SMILES string of the molecule is COCC1CCCCN(C(=O)c2c(F)ccc3ccncc23)C1. The van der Waals surface area contributed by atoms with Crippen molar-refractivity contribution in [3.8, 4) is 0 Å². The Balaban J connectivity index is 1.94. The van der Waals surface area contributed by atoms with Gasteiger partial charge in [0.25, 0.3) is 5.91 Å². The second-order valence-electron chi connectivity index (χ2n) is 6.09. The number of fused-ring (bicyclic) bond motifs is 1. The Labute approximate surface area is 135 Å². The van der Waals surface area contributed by atoms with E-state index >= 15 is 0 Å². The average molecular weight is 316 g/mol. The lowest BCUT2D eigenvalue weighted by atomic mass is 10.0. The number of aromatic nitrogens is 1. The molecule has 0 N–H and O–H groups in total. The Morgan fingerprint density at radius 1 is 1.39 bits per heavy atom. The first-order chi connectivity index (χ1) is 11.2. The van der Waals surface area contributed by atoms with Crippen LogP contribution in [-0.4, -0.2) is 42.6 Å². The molecule has 1 unspecified atom stereocenters. The van der Waals surface area contributed by atoms with Crippen LogP contribution < -0.4 is 0 Å². The van der Waals surface area contributed by atoms with Crippen LogP contribution in [0.25, 0.3) is 10.8 Å². The normalized spacial score (nSPS) is 18.9. The lowest BCUT2D eigenvalue weighted by Gasteiger charge is -2.25. The van der Waals surface area contributed by atoms with E-state index in [4.69, 9.17) is 4.74 Å². The maximum atomic E-state index is 14.4. The van der Waals surface area contributed by atoms with Crippen molar-refractivity contribution in [2.24, 2.45) is 5.92 Å². The van der Waals surface area contributed by atoms with E-state index in [-0.39, 0.29) is 11.5 Å². The summed E-state index contributed by atoms with van der Waals surface area (Å²) in [6, 6.07) is 4.83. The predicted molar refractivity (Wildman–Crippen MR) is 86.8 cm³/mol. The van der Waals surface area contributed by atoms with E-state index in [1.807, 2.05) is 0 Å². The molecule has 2 heterocycles. The molecule has 1 saturated heterocycles. The number of hydrogen-bond acceptors (Lipinski definition) is 3. The highest BCUT2D eigenvalue weighted by molar-refractivity contribution is 6.07. The molecule has 1 aliphatic rings. The minimum atomic E-state index is -0.483. The first-order valence-electron chi connectivity index (χ1n) is 8.01. The van der Waals surface area contributed by atoms with Crippen molar-refractivity contribution in [3.05, 3.63) is 42.0 Å². The number of rotatable bonds is 3. The fourth-order valence-electron chi connectivity index (χ4n) is 3.30. The van der Waals surface area contributed by atoms with Crippen molar-refractivity contribution < 1.29 is 13.9 Å². The summed E-state index contributed by atoms with van der Waals surface area (Å²) >= 11 is 0. The summed E-state index contributed by atoms with van der Waals surface area (Å²) in [6.45, 7) is 1.90. The molecular weight excluding hydrogens is 295 g/mol. The maximum Gasteiger partial charge on any atom is 0.257 e. The Kier molecular flexibility index (Phi) is 4.86. The summed E-state index contributed by atoms with van der Waals surface area (Å²) in [7, 11) is 1.67. The smallest absolute Gasteiger partial charge is 0.257 e. The van der Waals surface area contributed by atoms with Gasteiger partial charge < -0.3 is 9.64 Å². The molecule has 5 heteroatoms. The Morgan fingerprint density at radius 3 is 3.09 bits per heavy atom. The molecule has 0 bridgehead atoms. The molecule has 2 aromatic rings. The Morgan fingerprint density at radius 2 is 2.26 bits per heavy atom. The van der Waals surface area contributed by atoms with E-state index in [9.17, 15) is 9.18 Å². The Bertz CT molecular complexity index is 704. The van der Waals surface area contributed by atoms with Gasteiger partial charge in [0.05, 0.1) is 12.2 Å².